The van der Waals surface area contributed by atoms with E-state index in [0.717, 1.165) is 28.0 Å². The lowest BCUT2D eigenvalue weighted by molar-refractivity contribution is -0.129. The highest BCUT2D eigenvalue weighted by atomic mass is 35.5. The van der Waals surface area contributed by atoms with Gasteiger partial charge in [0.25, 0.3) is 17.7 Å². The van der Waals surface area contributed by atoms with Gasteiger partial charge in [-0.25, -0.2) is 0 Å². The number of amides is 3. The Hall–Kier alpha value is -2.59. The first-order valence-corrected chi connectivity index (χ1v) is 11.3. The van der Waals surface area contributed by atoms with Crippen LogP contribution in [0, 0.1) is 0 Å². The number of halogens is 2. The third-order valence-corrected chi connectivity index (χ3v) is 6.08. The molecule has 2 aromatic rings. The maximum atomic E-state index is 12.7. The molecule has 11 heteroatoms. The predicted molar refractivity (Wildman–Crippen MR) is 130 cm³/mol. The lowest BCUT2D eigenvalue weighted by Crippen LogP contribution is -2.47. The number of benzene rings is 2. The van der Waals surface area contributed by atoms with E-state index in [1.165, 1.54) is 18.2 Å². The first-order valence-electron chi connectivity index (χ1n) is 9.31. The number of hydrogen-bond acceptors (Lipinski definition) is 6. The smallest absolute Gasteiger partial charge is 0.271 e. The van der Waals surface area contributed by atoms with Crippen molar-refractivity contribution in [1.82, 2.24) is 15.8 Å². The van der Waals surface area contributed by atoms with Crippen LogP contribution in [0.4, 0.5) is 0 Å². The van der Waals surface area contributed by atoms with E-state index >= 15 is 0 Å². The Labute approximate surface area is 204 Å². The van der Waals surface area contributed by atoms with Crippen molar-refractivity contribution in [3.63, 3.8) is 0 Å². The molecule has 3 amide bonds. The molecule has 7 nitrogen and oxygen atoms in total. The van der Waals surface area contributed by atoms with Gasteiger partial charge in [-0.3, -0.25) is 30.1 Å². The summed E-state index contributed by atoms with van der Waals surface area (Å²) in [5.74, 6) is -0.908. The molecule has 1 fully saturated rings. The minimum atomic E-state index is -0.624. The Morgan fingerprint density at radius 1 is 1.16 bits per heavy atom. The number of hydrogen-bond donors (Lipinski definition) is 2. The molecule has 32 heavy (non-hydrogen) atoms. The van der Waals surface area contributed by atoms with Crippen molar-refractivity contribution in [1.29, 1.82) is 0 Å². The number of hydrazine groups is 1. The summed E-state index contributed by atoms with van der Waals surface area (Å²) in [6.07, 6.45) is 1.69. The van der Waals surface area contributed by atoms with E-state index in [1.54, 1.807) is 18.2 Å². The molecule has 166 valence electrons. The van der Waals surface area contributed by atoms with Gasteiger partial charge in [0.2, 0.25) is 0 Å². The summed E-state index contributed by atoms with van der Waals surface area (Å²) in [6, 6.07) is 11.6. The fraction of sp³-hybridized carbons (Fsp3) is 0.143. The van der Waals surface area contributed by atoms with Crippen LogP contribution in [0.5, 0.6) is 5.75 Å². The number of carbonyl (C=O) groups excluding carboxylic acids is 3. The van der Waals surface area contributed by atoms with Crippen LogP contribution in [0.1, 0.15) is 22.8 Å². The Morgan fingerprint density at radius 2 is 1.88 bits per heavy atom. The number of rotatable bonds is 6. The fourth-order valence-corrected chi connectivity index (χ4v) is 4.41. The summed E-state index contributed by atoms with van der Waals surface area (Å²) in [6.45, 7) is 2.11. The number of carbonyl (C=O) groups is 3. The van der Waals surface area contributed by atoms with Gasteiger partial charge in [-0.15, -0.1) is 0 Å². The Kier molecular flexibility index (Phi) is 8.14. The second kappa shape index (κ2) is 10.8. The molecular weight excluding hydrogens is 493 g/mol. The average molecular weight is 510 g/mol. The molecule has 0 saturated carbocycles. The highest BCUT2D eigenvalue weighted by molar-refractivity contribution is 8.26. The van der Waals surface area contributed by atoms with Gasteiger partial charge in [0.1, 0.15) is 16.6 Å². The molecule has 0 aliphatic carbocycles. The van der Waals surface area contributed by atoms with Crippen molar-refractivity contribution in [2.24, 2.45) is 0 Å². The molecule has 1 aliphatic rings. The van der Waals surface area contributed by atoms with Gasteiger partial charge in [-0.1, -0.05) is 59.3 Å². The van der Waals surface area contributed by atoms with Gasteiger partial charge in [0.15, 0.2) is 0 Å². The zero-order valence-corrected chi connectivity index (χ0v) is 19.8. The zero-order valence-electron chi connectivity index (χ0n) is 16.7. The molecule has 3 rings (SSSR count). The van der Waals surface area contributed by atoms with Crippen LogP contribution in [0.25, 0.3) is 6.08 Å². The minimum absolute atomic E-state index is 0.139. The van der Waals surface area contributed by atoms with Crippen LogP contribution in [-0.4, -0.2) is 40.1 Å². The van der Waals surface area contributed by atoms with Crippen molar-refractivity contribution in [2.75, 3.05) is 13.2 Å². The van der Waals surface area contributed by atoms with E-state index in [4.69, 9.17) is 40.2 Å². The SMILES string of the molecule is CCOc1ccc(/C=C2/SC(=S)N(CC(=O)NNC(=O)c3ccc(Cl)cc3Cl)C2=O)cc1. The lowest BCUT2D eigenvalue weighted by Gasteiger charge is -2.14. The Bertz CT molecular complexity index is 1110. The quantitative estimate of drug-likeness (QED) is 0.347. The molecule has 0 aromatic heterocycles. The maximum absolute atomic E-state index is 12.7. The summed E-state index contributed by atoms with van der Waals surface area (Å²) >= 11 is 18.1. The third-order valence-electron chi connectivity index (χ3n) is 4.16. The summed E-state index contributed by atoms with van der Waals surface area (Å²) in [4.78, 5) is 38.7. The van der Waals surface area contributed by atoms with Gasteiger partial charge in [-0.2, -0.15) is 0 Å². The maximum Gasteiger partial charge on any atom is 0.271 e. The van der Waals surface area contributed by atoms with Crippen LogP contribution in [0.15, 0.2) is 47.4 Å². The van der Waals surface area contributed by atoms with E-state index in [1.807, 2.05) is 19.1 Å². The van der Waals surface area contributed by atoms with E-state index in [0.29, 0.717) is 16.5 Å². The van der Waals surface area contributed by atoms with Crippen molar-refractivity contribution in [2.45, 2.75) is 6.92 Å². The molecule has 2 N–H and O–H groups in total. The number of thioether (sulfide) groups is 1. The number of nitrogens with zero attached hydrogens (tertiary/aromatic N) is 1. The largest absolute Gasteiger partial charge is 0.494 e. The molecule has 0 spiro atoms. The molecule has 1 heterocycles. The predicted octanol–water partition coefficient (Wildman–Crippen LogP) is 4.05. The third kappa shape index (κ3) is 6.01. The molecule has 0 unspecified atom stereocenters. The fourth-order valence-electron chi connectivity index (χ4n) is 2.67. The minimum Gasteiger partial charge on any atom is -0.494 e. The van der Waals surface area contributed by atoms with Gasteiger partial charge in [-0.05, 0) is 48.9 Å². The molecule has 2 aromatic carbocycles. The van der Waals surface area contributed by atoms with Crippen molar-refractivity contribution in [3.8, 4) is 5.75 Å². The van der Waals surface area contributed by atoms with Crippen LogP contribution in [0.2, 0.25) is 10.0 Å². The standard InChI is InChI=1S/C21H17Cl2N3O4S2/c1-2-30-14-6-3-12(4-7-14)9-17-20(29)26(21(31)32-17)11-18(27)24-25-19(28)15-8-5-13(22)10-16(15)23/h3-10H,2,11H2,1H3,(H,24,27)(H,25,28)/b17-9+. The van der Waals surface area contributed by atoms with Gasteiger partial charge in [0.05, 0.1) is 22.1 Å². The molecule has 0 bridgehead atoms. The summed E-state index contributed by atoms with van der Waals surface area (Å²) < 4.78 is 5.64. The van der Waals surface area contributed by atoms with Crippen LogP contribution < -0.4 is 15.6 Å². The molecule has 0 atom stereocenters. The monoisotopic (exact) mass is 509 g/mol. The summed E-state index contributed by atoms with van der Waals surface area (Å²) in [7, 11) is 0. The van der Waals surface area contributed by atoms with E-state index in [-0.39, 0.29) is 21.5 Å². The van der Waals surface area contributed by atoms with Crippen LogP contribution in [-0.2, 0) is 9.59 Å². The van der Waals surface area contributed by atoms with Gasteiger partial charge >= 0.3 is 0 Å². The number of ether oxygens (including phenoxy) is 1. The molecule has 1 saturated heterocycles. The van der Waals surface area contributed by atoms with Gasteiger partial charge < -0.3 is 4.74 Å². The molecule has 1 aliphatic heterocycles. The van der Waals surface area contributed by atoms with E-state index in [9.17, 15) is 14.4 Å². The first-order chi connectivity index (χ1) is 15.3. The summed E-state index contributed by atoms with van der Waals surface area (Å²) in [5.41, 5.74) is 5.43. The number of nitrogens with one attached hydrogen (secondary N) is 2. The Balaban J connectivity index is 1.58. The molecular formula is C21H17Cl2N3O4S2. The van der Waals surface area contributed by atoms with Crippen molar-refractivity contribution >= 4 is 75.3 Å². The first kappa shape index (κ1) is 24.1. The second-order valence-corrected chi connectivity index (χ2v) is 8.92. The zero-order chi connectivity index (χ0) is 23.3. The number of thiocarbonyl (C=S) groups is 1. The second-order valence-electron chi connectivity index (χ2n) is 6.40. The van der Waals surface area contributed by atoms with Crippen LogP contribution in [0.3, 0.4) is 0 Å². The van der Waals surface area contributed by atoms with Crippen molar-refractivity contribution < 1.29 is 19.1 Å². The highest BCUT2D eigenvalue weighted by Gasteiger charge is 2.33. The topological polar surface area (TPSA) is 87.7 Å². The van der Waals surface area contributed by atoms with Crippen LogP contribution >= 0.6 is 47.2 Å². The Morgan fingerprint density at radius 3 is 2.53 bits per heavy atom. The average Bonchev–Trinajstić information content (AvgIpc) is 3.01. The highest BCUT2D eigenvalue weighted by Crippen LogP contribution is 2.32. The summed E-state index contributed by atoms with van der Waals surface area (Å²) in [5, 5.41) is 0.517. The normalized spacial score (nSPS) is 14.6. The van der Waals surface area contributed by atoms with E-state index < -0.39 is 17.7 Å². The van der Waals surface area contributed by atoms with E-state index in [2.05, 4.69) is 10.9 Å². The molecule has 0 radical (unpaired) electrons. The lowest BCUT2D eigenvalue weighted by atomic mass is 10.2. The van der Waals surface area contributed by atoms with Crippen molar-refractivity contribution in [3.05, 3.63) is 68.5 Å². The van der Waals surface area contributed by atoms with Gasteiger partial charge in [0, 0.05) is 5.02 Å².